The van der Waals surface area contributed by atoms with Gasteiger partial charge in [-0.3, -0.25) is 4.79 Å². The molecular weight excluding hydrogens is 188 g/mol. The summed E-state index contributed by atoms with van der Waals surface area (Å²) in [5.74, 6) is 1.12. The molecule has 0 amide bonds. The second-order valence-corrected chi connectivity index (χ2v) is 4.57. The topological polar surface area (TPSA) is 26.3 Å². The molecule has 1 aliphatic rings. The Hall–Kier alpha value is -0.790. The third-order valence-electron chi connectivity index (χ3n) is 3.21. The van der Waals surface area contributed by atoms with Crippen molar-refractivity contribution in [3.05, 3.63) is 11.6 Å². The first-order chi connectivity index (χ1) is 7.13. The molecule has 1 unspecified atom stereocenters. The Kier molecular flexibility index (Phi) is 4.86. The molecule has 86 valence electrons. The van der Waals surface area contributed by atoms with Crippen LogP contribution in [0, 0.1) is 11.8 Å². The van der Waals surface area contributed by atoms with Crippen LogP contribution < -0.4 is 0 Å². The molecule has 0 spiro atoms. The Labute approximate surface area is 92.7 Å². The maximum atomic E-state index is 11.4. The van der Waals surface area contributed by atoms with Crippen molar-refractivity contribution in [3.63, 3.8) is 0 Å². The summed E-state index contributed by atoms with van der Waals surface area (Å²) in [5.41, 5.74) is 1.37. The second kappa shape index (κ2) is 5.94. The predicted molar refractivity (Wildman–Crippen MR) is 61.5 cm³/mol. The van der Waals surface area contributed by atoms with Gasteiger partial charge in [-0.25, -0.2) is 0 Å². The van der Waals surface area contributed by atoms with E-state index in [9.17, 15) is 4.79 Å². The van der Waals surface area contributed by atoms with Crippen LogP contribution in [0.4, 0.5) is 0 Å². The maximum absolute atomic E-state index is 11.4. The summed E-state index contributed by atoms with van der Waals surface area (Å²) in [5, 5.41) is 0. The summed E-state index contributed by atoms with van der Waals surface area (Å²) in [6, 6.07) is 0. The summed E-state index contributed by atoms with van der Waals surface area (Å²) >= 11 is 0. The van der Waals surface area contributed by atoms with Gasteiger partial charge < -0.3 is 4.74 Å². The van der Waals surface area contributed by atoms with E-state index in [1.165, 1.54) is 12.0 Å². The van der Waals surface area contributed by atoms with Crippen LogP contribution in [-0.4, -0.2) is 12.6 Å². The smallest absolute Gasteiger partial charge is 0.306 e. The average Bonchev–Trinajstić information content (AvgIpc) is 2.33. The lowest BCUT2D eigenvalue weighted by molar-refractivity contribution is -0.144. The Morgan fingerprint density at radius 2 is 2.27 bits per heavy atom. The minimum atomic E-state index is -0.0511. The van der Waals surface area contributed by atoms with E-state index in [2.05, 4.69) is 19.9 Å². The van der Waals surface area contributed by atoms with E-state index in [0.29, 0.717) is 18.9 Å². The van der Waals surface area contributed by atoms with Crippen LogP contribution >= 0.6 is 0 Å². The molecule has 15 heavy (non-hydrogen) atoms. The van der Waals surface area contributed by atoms with Crippen LogP contribution in [0.15, 0.2) is 11.6 Å². The van der Waals surface area contributed by atoms with E-state index < -0.39 is 0 Å². The quantitative estimate of drug-likeness (QED) is 0.527. The van der Waals surface area contributed by atoms with E-state index in [4.69, 9.17) is 4.74 Å². The number of carbonyl (C=O) groups excluding carboxylic acids is 1. The first kappa shape index (κ1) is 12.3. The average molecular weight is 210 g/mol. The monoisotopic (exact) mass is 210 g/mol. The van der Waals surface area contributed by atoms with E-state index in [0.717, 1.165) is 18.8 Å². The summed E-state index contributed by atoms with van der Waals surface area (Å²) in [6.45, 7) is 6.76. The molecule has 0 aromatic heterocycles. The molecule has 0 radical (unpaired) electrons. The van der Waals surface area contributed by atoms with Crippen LogP contribution in [0.5, 0.6) is 0 Å². The van der Waals surface area contributed by atoms with Gasteiger partial charge in [0.2, 0.25) is 0 Å². The number of allylic oxidation sites excluding steroid dienone is 2. The number of carbonyl (C=O) groups is 1. The van der Waals surface area contributed by atoms with Gasteiger partial charge in [-0.1, -0.05) is 18.6 Å². The zero-order valence-corrected chi connectivity index (χ0v) is 10.1. The molecule has 0 aromatic carbocycles. The molecule has 0 fully saturated rings. The zero-order valence-electron chi connectivity index (χ0n) is 10.1. The van der Waals surface area contributed by atoms with Crippen molar-refractivity contribution in [1.82, 2.24) is 0 Å². The van der Waals surface area contributed by atoms with E-state index in [1.807, 2.05) is 6.92 Å². The molecule has 0 saturated heterocycles. The van der Waals surface area contributed by atoms with Crippen molar-refractivity contribution in [1.29, 1.82) is 0 Å². The van der Waals surface area contributed by atoms with Gasteiger partial charge in [0.15, 0.2) is 0 Å². The molecule has 2 nitrogen and oxygen atoms in total. The lowest BCUT2D eigenvalue weighted by Crippen LogP contribution is -2.12. The van der Waals surface area contributed by atoms with E-state index >= 15 is 0 Å². The van der Waals surface area contributed by atoms with Gasteiger partial charge in [0.05, 0.1) is 13.0 Å². The zero-order chi connectivity index (χ0) is 11.3. The second-order valence-electron chi connectivity index (χ2n) is 4.57. The molecule has 1 aliphatic carbocycles. The Bertz CT molecular complexity index is 243. The van der Waals surface area contributed by atoms with Crippen molar-refractivity contribution >= 4 is 5.97 Å². The van der Waals surface area contributed by atoms with Crippen molar-refractivity contribution in [3.8, 4) is 0 Å². The third-order valence-corrected chi connectivity index (χ3v) is 3.21. The van der Waals surface area contributed by atoms with Gasteiger partial charge in [-0.05, 0) is 44.9 Å². The number of hydrogen-bond acceptors (Lipinski definition) is 2. The summed E-state index contributed by atoms with van der Waals surface area (Å²) < 4.78 is 4.99. The van der Waals surface area contributed by atoms with Crippen LogP contribution in [0.2, 0.25) is 0 Å². The van der Waals surface area contributed by atoms with Crippen molar-refractivity contribution in [2.75, 3.05) is 6.61 Å². The number of esters is 1. The molecule has 2 atom stereocenters. The SMILES string of the molecule is CCOC(=O)CC1CC[C@@H](C)CC=C1C. The molecule has 0 aliphatic heterocycles. The summed E-state index contributed by atoms with van der Waals surface area (Å²) in [7, 11) is 0. The Balaban J connectivity index is 2.49. The first-order valence-electron chi connectivity index (χ1n) is 5.95. The molecular formula is C13H22O2. The van der Waals surface area contributed by atoms with Crippen molar-refractivity contribution in [2.24, 2.45) is 11.8 Å². The van der Waals surface area contributed by atoms with Crippen LogP contribution in [-0.2, 0) is 9.53 Å². The van der Waals surface area contributed by atoms with Gasteiger partial charge in [-0.2, -0.15) is 0 Å². The highest BCUT2D eigenvalue weighted by Crippen LogP contribution is 2.29. The lowest BCUT2D eigenvalue weighted by atomic mass is 9.92. The number of ether oxygens (including phenoxy) is 1. The highest BCUT2D eigenvalue weighted by Gasteiger charge is 2.19. The van der Waals surface area contributed by atoms with E-state index in [1.54, 1.807) is 0 Å². The summed E-state index contributed by atoms with van der Waals surface area (Å²) in [6.07, 6.45) is 6.36. The fourth-order valence-electron chi connectivity index (χ4n) is 2.07. The lowest BCUT2D eigenvalue weighted by Gasteiger charge is -2.15. The van der Waals surface area contributed by atoms with E-state index in [-0.39, 0.29) is 5.97 Å². The first-order valence-corrected chi connectivity index (χ1v) is 5.95. The molecule has 1 rings (SSSR count). The molecule has 0 saturated carbocycles. The Morgan fingerprint density at radius 3 is 2.93 bits per heavy atom. The van der Waals surface area contributed by atoms with Gasteiger partial charge in [0.1, 0.15) is 0 Å². The predicted octanol–water partition coefficient (Wildman–Crippen LogP) is 3.32. The third kappa shape index (κ3) is 4.06. The van der Waals surface area contributed by atoms with Crippen LogP contribution in [0.1, 0.15) is 46.5 Å². The fourth-order valence-corrected chi connectivity index (χ4v) is 2.07. The van der Waals surface area contributed by atoms with Crippen molar-refractivity contribution < 1.29 is 9.53 Å². The van der Waals surface area contributed by atoms with Gasteiger partial charge in [0.25, 0.3) is 0 Å². The maximum Gasteiger partial charge on any atom is 0.306 e. The standard InChI is InChI=1S/C13H22O2/c1-4-15-13(14)9-12-8-6-10(2)5-7-11(12)3/h7,10,12H,4-6,8-9H2,1-3H3/t10-,12?/m0/s1. The van der Waals surface area contributed by atoms with Crippen LogP contribution in [0.3, 0.4) is 0 Å². The van der Waals surface area contributed by atoms with Gasteiger partial charge in [0, 0.05) is 0 Å². The van der Waals surface area contributed by atoms with Crippen molar-refractivity contribution in [2.45, 2.75) is 46.5 Å². The Morgan fingerprint density at radius 1 is 1.53 bits per heavy atom. The largest absolute Gasteiger partial charge is 0.466 e. The molecule has 2 heteroatoms. The number of rotatable bonds is 3. The molecule has 0 bridgehead atoms. The van der Waals surface area contributed by atoms with Gasteiger partial charge in [-0.15, -0.1) is 0 Å². The molecule has 0 heterocycles. The highest BCUT2D eigenvalue weighted by atomic mass is 16.5. The summed E-state index contributed by atoms with van der Waals surface area (Å²) in [4.78, 5) is 11.4. The molecule has 0 N–H and O–H groups in total. The minimum absolute atomic E-state index is 0.0511. The minimum Gasteiger partial charge on any atom is -0.466 e. The van der Waals surface area contributed by atoms with Gasteiger partial charge >= 0.3 is 5.97 Å². The normalized spacial score (nSPS) is 26.7. The molecule has 0 aromatic rings. The fraction of sp³-hybridized carbons (Fsp3) is 0.769. The van der Waals surface area contributed by atoms with Crippen LogP contribution in [0.25, 0.3) is 0 Å². The highest BCUT2D eigenvalue weighted by molar-refractivity contribution is 5.70. The number of hydrogen-bond donors (Lipinski definition) is 0.